The first-order chi connectivity index (χ1) is 9.13. The van der Waals surface area contributed by atoms with Gasteiger partial charge in [0.1, 0.15) is 0 Å². The average molecular weight is 290 g/mol. The predicted molar refractivity (Wildman–Crippen MR) is 74.6 cm³/mol. The van der Waals surface area contributed by atoms with Crippen molar-refractivity contribution < 1.29 is 19.4 Å². The summed E-state index contributed by atoms with van der Waals surface area (Å²) in [5.41, 5.74) is 0. The second-order valence-electron chi connectivity index (χ2n) is 4.43. The molecule has 0 aromatic rings. The molecule has 1 saturated heterocycles. The van der Waals surface area contributed by atoms with E-state index >= 15 is 0 Å². The van der Waals surface area contributed by atoms with E-state index in [0.717, 1.165) is 18.6 Å². The summed E-state index contributed by atoms with van der Waals surface area (Å²) in [5.74, 6) is 0.0751. The van der Waals surface area contributed by atoms with E-state index in [1.165, 1.54) is 0 Å². The molecule has 1 rings (SSSR count). The molecule has 0 aromatic heterocycles. The Hall–Kier alpha value is -0.950. The van der Waals surface area contributed by atoms with Crippen LogP contribution in [0.1, 0.15) is 19.3 Å². The molecular weight excluding hydrogens is 268 g/mol. The number of urea groups is 1. The Morgan fingerprint density at radius 2 is 2.11 bits per heavy atom. The number of ether oxygens (including phenoxy) is 1. The van der Waals surface area contributed by atoms with Crippen LogP contribution in [0.3, 0.4) is 0 Å². The van der Waals surface area contributed by atoms with Crippen molar-refractivity contribution in [1.82, 2.24) is 10.2 Å². The number of carbonyl (C=O) groups excluding carboxylic acids is 1. The zero-order valence-electron chi connectivity index (χ0n) is 11.3. The number of thioether (sulfide) groups is 1. The van der Waals surface area contributed by atoms with Gasteiger partial charge >= 0.3 is 12.0 Å². The molecule has 0 spiro atoms. The number of rotatable bonds is 7. The fourth-order valence-corrected chi connectivity index (χ4v) is 2.22. The number of aliphatic carboxylic acids is 1. The molecule has 2 amide bonds. The summed E-state index contributed by atoms with van der Waals surface area (Å²) in [4.78, 5) is 23.9. The summed E-state index contributed by atoms with van der Waals surface area (Å²) >= 11 is 1.70. The molecule has 0 unspecified atom stereocenters. The highest BCUT2D eigenvalue weighted by atomic mass is 32.2. The fraction of sp³-hybridized carbons (Fsp3) is 0.833. The topological polar surface area (TPSA) is 78.9 Å². The second kappa shape index (κ2) is 9.03. The lowest BCUT2D eigenvalue weighted by Gasteiger charge is -2.31. The third-order valence-electron chi connectivity index (χ3n) is 2.98. The molecule has 6 nitrogen and oxygen atoms in total. The minimum atomic E-state index is -0.842. The SMILES string of the molecule is CSCCNC(=O)N1CCC(OCCC(=O)O)CC1. The summed E-state index contributed by atoms with van der Waals surface area (Å²) in [6.45, 7) is 2.28. The van der Waals surface area contributed by atoms with Gasteiger partial charge in [0, 0.05) is 25.4 Å². The number of nitrogens with one attached hydrogen (secondary N) is 1. The molecule has 0 aliphatic carbocycles. The number of amides is 2. The van der Waals surface area contributed by atoms with Gasteiger partial charge in [-0.25, -0.2) is 4.79 Å². The lowest BCUT2D eigenvalue weighted by Crippen LogP contribution is -2.46. The molecule has 0 saturated carbocycles. The maximum atomic E-state index is 11.8. The Labute approximate surface area is 117 Å². The maximum absolute atomic E-state index is 11.8. The van der Waals surface area contributed by atoms with E-state index in [1.54, 1.807) is 16.7 Å². The first-order valence-corrected chi connectivity index (χ1v) is 7.88. The van der Waals surface area contributed by atoms with Gasteiger partial charge in [0.2, 0.25) is 0 Å². The van der Waals surface area contributed by atoms with Crippen molar-refractivity contribution in [2.45, 2.75) is 25.4 Å². The van der Waals surface area contributed by atoms with E-state index in [9.17, 15) is 9.59 Å². The van der Waals surface area contributed by atoms with Crippen LogP contribution in [0.25, 0.3) is 0 Å². The maximum Gasteiger partial charge on any atom is 0.317 e. The summed E-state index contributed by atoms with van der Waals surface area (Å²) in [5, 5.41) is 11.4. The molecule has 19 heavy (non-hydrogen) atoms. The van der Waals surface area contributed by atoms with Gasteiger partial charge in [0.15, 0.2) is 0 Å². The van der Waals surface area contributed by atoms with Crippen molar-refractivity contribution in [2.75, 3.05) is 38.2 Å². The van der Waals surface area contributed by atoms with E-state index < -0.39 is 5.97 Å². The standard InChI is InChI=1S/C12H22N2O4S/c1-19-9-5-13-12(17)14-6-2-10(3-7-14)18-8-4-11(15)16/h10H,2-9H2,1H3,(H,13,17)(H,15,16). The number of carbonyl (C=O) groups is 2. The van der Waals surface area contributed by atoms with E-state index in [2.05, 4.69) is 5.32 Å². The molecule has 110 valence electrons. The smallest absolute Gasteiger partial charge is 0.317 e. The minimum Gasteiger partial charge on any atom is -0.481 e. The van der Waals surface area contributed by atoms with Crippen molar-refractivity contribution in [3.8, 4) is 0 Å². The Morgan fingerprint density at radius 3 is 2.68 bits per heavy atom. The van der Waals surface area contributed by atoms with Crippen LogP contribution in [0.4, 0.5) is 4.79 Å². The van der Waals surface area contributed by atoms with Gasteiger partial charge < -0.3 is 20.1 Å². The van der Waals surface area contributed by atoms with Crippen molar-refractivity contribution >= 4 is 23.8 Å². The number of hydrogen-bond donors (Lipinski definition) is 2. The molecule has 1 aliphatic rings. The lowest BCUT2D eigenvalue weighted by molar-refractivity contribution is -0.138. The van der Waals surface area contributed by atoms with Crippen LogP contribution < -0.4 is 5.32 Å². The van der Waals surface area contributed by atoms with Gasteiger partial charge in [-0.1, -0.05) is 0 Å². The monoisotopic (exact) mass is 290 g/mol. The van der Waals surface area contributed by atoms with Gasteiger partial charge in [0.05, 0.1) is 19.1 Å². The second-order valence-corrected chi connectivity index (χ2v) is 5.41. The van der Waals surface area contributed by atoms with Crippen LogP contribution in [0.5, 0.6) is 0 Å². The van der Waals surface area contributed by atoms with Crippen LogP contribution in [0.2, 0.25) is 0 Å². The summed E-state index contributed by atoms with van der Waals surface area (Å²) in [7, 11) is 0. The molecule has 1 heterocycles. The normalized spacial score (nSPS) is 16.4. The van der Waals surface area contributed by atoms with Crippen LogP contribution in [-0.4, -0.2) is 66.4 Å². The number of hydrogen-bond acceptors (Lipinski definition) is 4. The van der Waals surface area contributed by atoms with Crippen molar-refractivity contribution in [3.63, 3.8) is 0 Å². The van der Waals surface area contributed by atoms with Gasteiger partial charge in [-0.3, -0.25) is 4.79 Å². The lowest BCUT2D eigenvalue weighted by atomic mass is 10.1. The van der Waals surface area contributed by atoms with E-state index in [4.69, 9.17) is 9.84 Å². The average Bonchev–Trinajstić information content (AvgIpc) is 2.39. The molecule has 7 heteroatoms. The van der Waals surface area contributed by atoms with Crippen LogP contribution in [0, 0.1) is 0 Å². The molecular formula is C12H22N2O4S. The number of likely N-dealkylation sites (tertiary alicyclic amines) is 1. The minimum absolute atomic E-state index is 0.0157. The highest BCUT2D eigenvalue weighted by Gasteiger charge is 2.22. The van der Waals surface area contributed by atoms with Crippen LogP contribution in [0.15, 0.2) is 0 Å². The predicted octanol–water partition coefficient (Wildman–Crippen LogP) is 1.01. The van der Waals surface area contributed by atoms with E-state index in [1.807, 2.05) is 6.26 Å². The molecule has 0 aromatic carbocycles. The zero-order chi connectivity index (χ0) is 14.1. The highest BCUT2D eigenvalue weighted by Crippen LogP contribution is 2.14. The quantitative estimate of drug-likeness (QED) is 0.684. The molecule has 0 bridgehead atoms. The molecule has 0 radical (unpaired) electrons. The molecule has 1 fully saturated rings. The molecule has 1 aliphatic heterocycles. The van der Waals surface area contributed by atoms with Crippen molar-refractivity contribution in [1.29, 1.82) is 0 Å². The summed E-state index contributed by atoms with van der Waals surface area (Å²) < 4.78 is 5.48. The van der Waals surface area contributed by atoms with E-state index in [-0.39, 0.29) is 25.2 Å². The number of carboxylic acids is 1. The Balaban J connectivity index is 2.14. The Kier molecular flexibility index (Phi) is 7.66. The first-order valence-electron chi connectivity index (χ1n) is 6.48. The Bertz CT molecular complexity index is 293. The Morgan fingerprint density at radius 1 is 1.42 bits per heavy atom. The largest absolute Gasteiger partial charge is 0.481 e. The fourth-order valence-electron chi connectivity index (χ4n) is 1.91. The van der Waals surface area contributed by atoms with Gasteiger partial charge in [-0.15, -0.1) is 0 Å². The van der Waals surface area contributed by atoms with Crippen molar-refractivity contribution in [3.05, 3.63) is 0 Å². The van der Waals surface area contributed by atoms with E-state index in [0.29, 0.717) is 19.6 Å². The summed E-state index contributed by atoms with van der Waals surface area (Å²) in [6, 6.07) is -0.0157. The molecule has 2 N–H and O–H groups in total. The molecule has 0 atom stereocenters. The van der Waals surface area contributed by atoms with Crippen molar-refractivity contribution in [2.24, 2.45) is 0 Å². The van der Waals surface area contributed by atoms with Crippen LogP contribution in [-0.2, 0) is 9.53 Å². The third-order valence-corrected chi connectivity index (χ3v) is 3.59. The zero-order valence-corrected chi connectivity index (χ0v) is 12.1. The summed E-state index contributed by atoms with van der Waals surface area (Å²) in [6.07, 6.45) is 3.67. The van der Waals surface area contributed by atoms with Gasteiger partial charge in [-0.2, -0.15) is 11.8 Å². The number of carboxylic acid groups (broad SMARTS) is 1. The number of piperidine rings is 1. The highest BCUT2D eigenvalue weighted by molar-refractivity contribution is 7.98. The number of nitrogens with zero attached hydrogens (tertiary/aromatic N) is 1. The van der Waals surface area contributed by atoms with Crippen LogP contribution >= 0.6 is 11.8 Å². The third kappa shape index (κ3) is 6.68. The van der Waals surface area contributed by atoms with Gasteiger partial charge in [-0.05, 0) is 19.1 Å². The van der Waals surface area contributed by atoms with Gasteiger partial charge in [0.25, 0.3) is 0 Å². The first kappa shape index (κ1) is 16.1.